The predicted octanol–water partition coefficient (Wildman–Crippen LogP) is 3.00. The number of carboxylic acid groups (broad SMARTS) is 1. The molecule has 4 heteroatoms. The molecule has 0 saturated carbocycles. The van der Waals surface area contributed by atoms with Gasteiger partial charge in [-0.25, -0.2) is 4.79 Å². The molecule has 0 bridgehead atoms. The van der Waals surface area contributed by atoms with E-state index in [-0.39, 0.29) is 5.56 Å². The van der Waals surface area contributed by atoms with Crippen molar-refractivity contribution in [3.8, 4) is 6.07 Å². The Hall–Kier alpha value is -2.80. The van der Waals surface area contributed by atoms with Crippen LogP contribution in [0, 0.1) is 11.3 Å². The maximum Gasteiger partial charge on any atom is 0.335 e. The van der Waals surface area contributed by atoms with Crippen molar-refractivity contribution in [2.45, 2.75) is 0 Å². The molecule has 2 N–H and O–H groups in total. The highest BCUT2D eigenvalue weighted by atomic mass is 16.4. The topological polar surface area (TPSA) is 73.1 Å². The Morgan fingerprint density at radius 3 is 2.44 bits per heavy atom. The smallest absolute Gasteiger partial charge is 0.335 e. The van der Waals surface area contributed by atoms with E-state index in [1.54, 1.807) is 42.5 Å². The molecule has 0 unspecified atom stereocenters. The third-order valence-corrected chi connectivity index (χ3v) is 2.41. The molecule has 0 aliphatic heterocycles. The summed E-state index contributed by atoms with van der Waals surface area (Å²) in [7, 11) is 0. The molecule has 0 aliphatic rings. The second-order valence-electron chi connectivity index (χ2n) is 3.70. The molecule has 4 nitrogen and oxygen atoms in total. The largest absolute Gasteiger partial charge is 0.478 e. The molecular weight excluding hydrogens is 228 g/mol. The Kier molecular flexibility index (Phi) is 3.26. The van der Waals surface area contributed by atoms with Crippen LogP contribution in [0.1, 0.15) is 15.9 Å². The Morgan fingerprint density at radius 2 is 1.83 bits per heavy atom. The van der Waals surface area contributed by atoms with Gasteiger partial charge in [0.15, 0.2) is 0 Å². The summed E-state index contributed by atoms with van der Waals surface area (Å²) >= 11 is 0. The Bertz CT molecular complexity index is 612. The van der Waals surface area contributed by atoms with Gasteiger partial charge >= 0.3 is 5.97 Å². The molecule has 0 spiro atoms. The van der Waals surface area contributed by atoms with E-state index in [9.17, 15) is 4.79 Å². The lowest BCUT2D eigenvalue weighted by molar-refractivity contribution is 0.0697. The number of nitrogens with one attached hydrogen (secondary N) is 1. The van der Waals surface area contributed by atoms with Crippen LogP contribution in [-0.2, 0) is 0 Å². The first-order valence-corrected chi connectivity index (χ1v) is 5.29. The minimum atomic E-state index is -0.960. The number of carbonyl (C=O) groups is 1. The summed E-state index contributed by atoms with van der Waals surface area (Å²) in [4.78, 5) is 10.8. The van der Waals surface area contributed by atoms with Crippen LogP contribution >= 0.6 is 0 Å². The highest BCUT2D eigenvalue weighted by molar-refractivity contribution is 5.89. The zero-order chi connectivity index (χ0) is 13.0. The van der Waals surface area contributed by atoms with Gasteiger partial charge in [-0.3, -0.25) is 0 Å². The van der Waals surface area contributed by atoms with Crippen LogP contribution < -0.4 is 5.32 Å². The minimum Gasteiger partial charge on any atom is -0.478 e. The summed E-state index contributed by atoms with van der Waals surface area (Å²) in [6.45, 7) is 0. The second kappa shape index (κ2) is 5.02. The molecule has 0 heterocycles. The van der Waals surface area contributed by atoms with E-state index in [2.05, 4.69) is 5.32 Å². The van der Waals surface area contributed by atoms with Crippen LogP contribution in [0.15, 0.2) is 48.5 Å². The first-order valence-electron chi connectivity index (χ1n) is 5.29. The van der Waals surface area contributed by atoms with Crippen LogP contribution in [0.2, 0.25) is 0 Å². The van der Waals surface area contributed by atoms with Crippen molar-refractivity contribution >= 4 is 17.3 Å². The molecule has 0 aromatic heterocycles. The molecule has 0 aliphatic carbocycles. The Morgan fingerprint density at radius 1 is 1.11 bits per heavy atom. The number of nitriles is 1. The zero-order valence-electron chi connectivity index (χ0n) is 9.42. The molecule has 2 aromatic rings. The summed E-state index contributed by atoms with van der Waals surface area (Å²) in [5.74, 6) is -0.960. The quantitative estimate of drug-likeness (QED) is 0.862. The number of anilines is 2. The predicted molar refractivity (Wildman–Crippen MR) is 67.8 cm³/mol. The molecule has 0 amide bonds. The van der Waals surface area contributed by atoms with E-state index in [1.807, 2.05) is 6.07 Å². The average molecular weight is 238 g/mol. The highest BCUT2D eigenvalue weighted by Gasteiger charge is 2.03. The minimum absolute atomic E-state index is 0.230. The molecule has 2 aromatic carbocycles. The van der Waals surface area contributed by atoms with E-state index >= 15 is 0 Å². The molecule has 88 valence electrons. The SMILES string of the molecule is N#Cc1ccc(Nc2cccc(C(=O)O)c2)cc1. The molecule has 0 fully saturated rings. The standard InChI is InChI=1S/C14H10N2O2/c15-9-10-4-6-12(7-5-10)16-13-3-1-2-11(8-13)14(17)18/h1-8,16H,(H,17,18). The van der Waals surface area contributed by atoms with Crippen LogP contribution in [-0.4, -0.2) is 11.1 Å². The summed E-state index contributed by atoms with van der Waals surface area (Å²) in [5, 5.41) is 20.6. The number of aromatic carboxylic acids is 1. The number of hydrogen-bond acceptors (Lipinski definition) is 3. The van der Waals surface area contributed by atoms with Crippen LogP contribution in [0.3, 0.4) is 0 Å². The molecule has 2 rings (SSSR count). The fraction of sp³-hybridized carbons (Fsp3) is 0. The summed E-state index contributed by atoms with van der Waals surface area (Å²) < 4.78 is 0. The third kappa shape index (κ3) is 2.66. The average Bonchev–Trinajstić information content (AvgIpc) is 2.40. The van der Waals surface area contributed by atoms with Crippen LogP contribution in [0.25, 0.3) is 0 Å². The fourth-order valence-corrected chi connectivity index (χ4v) is 1.52. The van der Waals surface area contributed by atoms with Gasteiger partial charge in [0, 0.05) is 11.4 Å². The molecule has 18 heavy (non-hydrogen) atoms. The lowest BCUT2D eigenvalue weighted by Gasteiger charge is -2.06. The monoisotopic (exact) mass is 238 g/mol. The van der Waals surface area contributed by atoms with Crippen LogP contribution in [0.5, 0.6) is 0 Å². The van der Waals surface area contributed by atoms with Gasteiger partial charge in [-0.1, -0.05) is 6.07 Å². The van der Waals surface area contributed by atoms with Crippen molar-refractivity contribution in [1.82, 2.24) is 0 Å². The van der Waals surface area contributed by atoms with E-state index < -0.39 is 5.97 Å². The number of benzene rings is 2. The fourth-order valence-electron chi connectivity index (χ4n) is 1.52. The maximum absolute atomic E-state index is 10.8. The molecular formula is C14H10N2O2. The van der Waals surface area contributed by atoms with Crippen LogP contribution in [0.4, 0.5) is 11.4 Å². The van der Waals surface area contributed by atoms with Crippen molar-refractivity contribution in [3.05, 3.63) is 59.7 Å². The van der Waals surface area contributed by atoms with Crippen molar-refractivity contribution in [1.29, 1.82) is 5.26 Å². The molecule has 0 atom stereocenters. The first kappa shape index (κ1) is 11.7. The van der Waals surface area contributed by atoms with Gasteiger partial charge in [0.2, 0.25) is 0 Å². The number of nitrogens with zero attached hydrogens (tertiary/aromatic N) is 1. The van der Waals surface area contributed by atoms with E-state index in [0.29, 0.717) is 11.3 Å². The zero-order valence-corrected chi connectivity index (χ0v) is 9.42. The van der Waals surface area contributed by atoms with Crippen molar-refractivity contribution < 1.29 is 9.90 Å². The van der Waals surface area contributed by atoms with Crippen molar-refractivity contribution in [2.75, 3.05) is 5.32 Å². The van der Waals surface area contributed by atoms with Gasteiger partial charge in [0.1, 0.15) is 0 Å². The van der Waals surface area contributed by atoms with Gasteiger partial charge in [0.25, 0.3) is 0 Å². The van der Waals surface area contributed by atoms with E-state index in [1.165, 1.54) is 6.07 Å². The third-order valence-electron chi connectivity index (χ3n) is 2.41. The number of rotatable bonds is 3. The second-order valence-corrected chi connectivity index (χ2v) is 3.70. The van der Waals surface area contributed by atoms with Crippen molar-refractivity contribution in [3.63, 3.8) is 0 Å². The Balaban J connectivity index is 2.20. The van der Waals surface area contributed by atoms with Gasteiger partial charge in [-0.05, 0) is 42.5 Å². The summed E-state index contributed by atoms with van der Waals surface area (Å²) in [6.07, 6.45) is 0. The van der Waals surface area contributed by atoms with Gasteiger partial charge in [-0.2, -0.15) is 5.26 Å². The lowest BCUT2D eigenvalue weighted by atomic mass is 10.2. The number of hydrogen-bond donors (Lipinski definition) is 2. The van der Waals surface area contributed by atoms with Gasteiger partial charge in [-0.15, -0.1) is 0 Å². The summed E-state index contributed by atoms with van der Waals surface area (Å²) in [5.41, 5.74) is 2.31. The maximum atomic E-state index is 10.8. The van der Waals surface area contributed by atoms with Gasteiger partial charge < -0.3 is 10.4 Å². The lowest BCUT2D eigenvalue weighted by Crippen LogP contribution is -1.97. The number of carboxylic acids is 1. The van der Waals surface area contributed by atoms with Crippen molar-refractivity contribution in [2.24, 2.45) is 0 Å². The van der Waals surface area contributed by atoms with Gasteiger partial charge in [0.05, 0.1) is 17.2 Å². The highest BCUT2D eigenvalue weighted by Crippen LogP contribution is 2.18. The molecule has 0 radical (unpaired) electrons. The molecule has 0 saturated heterocycles. The normalized spacial score (nSPS) is 9.50. The Labute approximate surface area is 104 Å². The first-order chi connectivity index (χ1) is 8.69. The summed E-state index contributed by atoms with van der Waals surface area (Å²) in [6, 6.07) is 15.5. The van der Waals surface area contributed by atoms with E-state index in [0.717, 1.165) is 5.69 Å². The van der Waals surface area contributed by atoms with E-state index in [4.69, 9.17) is 10.4 Å².